The summed E-state index contributed by atoms with van der Waals surface area (Å²) in [5.41, 5.74) is 0.934. The molecule has 12 heavy (non-hydrogen) atoms. The van der Waals surface area contributed by atoms with Gasteiger partial charge in [0.15, 0.2) is 0 Å². The van der Waals surface area contributed by atoms with Gasteiger partial charge in [-0.15, -0.1) is 22.9 Å². The maximum Gasteiger partial charge on any atom is 0.122 e. The first-order valence-electron chi connectivity index (χ1n) is 3.89. The van der Waals surface area contributed by atoms with Crippen LogP contribution in [0.5, 0.6) is 0 Å². The third kappa shape index (κ3) is 2.44. The summed E-state index contributed by atoms with van der Waals surface area (Å²) in [6, 6.07) is 0. The summed E-state index contributed by atoms with van der Waals surface area (Å²) in [6.45, 7) is 4.70. The van der Waals surface area contributed by atoms with E-state index in [0.717, 1.165) is 17.3 Å². The lowest BCUT2D eigenvalue weighted by molar-refractivity contribution is 0.0761. The Morgan fingerprint density at radius 3 is 3.00 bits per heavy atom. The second-order valence-electron chi connectivity index (χ2n) is 2.41. The number of halogens is 1. The van der Waals surface area contributed by atoms with Crippen LogP contribution < -0.4 is 0 Å². The molecule has 4 heteroatoms. The van der Waals surface area contributed by atoms with Gasteiger partial charge in [0.1, 0.15) is 11.1 Å². The highest BCUT2D eigenvalue weighted by Crippen LogP contribution is 2.21. The average Bonchev–Trinajstić information content (AvgIpc) is 2.52. The number of nitrogens with zero attached hydrogens (tertiary/aromatic N) is 1. The van der Waals surface area contributed by atoms with Gasteiger partial charge < -0.3 is 4.74 Å². The Balaban J connectivity index is 2.61. The molecule has 68 valence electrons. The number of hydrogen-bond donors (Lipinski definition) is 0. The molecular formula is C8H12ClNOS. The van der Waals surface area contributed by atoms with Gasteiger partial charge in [-0.3, -0.25) is 0 Å². The van der Waals surface area contributed by atoms with E-state index in [1.807, 2.05) is 19.2 Å². The highest BCUT2D eigenvalue weighted by atomic mass is 35.5. The van der Waals surface area contributed by atoms with Crippen molar-refractivity contribution in [3.05, 3.63) is 16.1 Å². The molecule has 0 unspecified atom stereocenters. The molecule has 1 rings (SSSR count). The van der Waals surface area contributed by atoms with Crippen LogP contribution in [-0.4, -0.2) is 11.6 Å². The van der Waals surface area contributed by atoms with E-state index in [-0.39, 0.29) is 6.10 Å². The maximum atomic E-state index is 5.63. The molecule has 1 heterocycles. The Morgan fingerprint density at radius 2 is 2.50 bits per heavy atom. The minimum atomic E-state index is 0.0944. The first-order valence-corrected chi connectivity index (χ1v) is 5.31. The fourth-order valence-corrected chi connectivity index (χ4v) is 1.94. The van der Waals surface area contributed by atoms with Gasteiger partial charge in [-0.2, -0.15) is 0 Å². The van der Waals surface area contributed by atoms with Crippen LogP contribution in [0.15, 0.2) is 5.38 Å². The van der Waals surface area contributed by atoms with Gasteiger partial charge in [-0.25, -0.2) is 4.98 Å². The van der Waals surface area contributed by atoms with Crippen LogP contribution in [-0.2, 0) is 10.6 Å². The number of hydrogen-bond acceptors (Lipinski definition) is 3. The minimum Gasteiger partial charge on any atom is -0.372 e. The lowest BCUT2D eigenvalue weighted by atomic mass is 10.4. The van der Waals surface area contributed by atoms with Crippen LogP contribution in [0.25, 0.3) is 0 Å². The van der Waals surface area contributed by atoms with Gasteiger partial charge in [0, 0.05) is 12.0 Å². The molecule has 2 nitrogen and oxygen atoms in total. The van der Waals surface area contributed by atoms with E-state index in [1.165, 1.54) is 0 Å². The van der Waals surface area contributed by atoms with Crippen molar-refractivity contribution < 1.29 is 4.74 Å². The van der Waals surface area contributed by atoms with Crippen molar-refractivity contribution in [3.63, 3.8) is 0 Å². The lowest BCUT2D eigenvalue weighted by Crippen LogP contribution is -1.98. The highest BCUT2D eigenvalue weighted by Gasteiger charge is 2.09. The Bertz CT molecular complexity index is 239. The highest BCUT2D eigenvalue weighted by molar-refractivity contribution is 7.09. The van der Waals surface area contributed by atoms with Gasteiger partial charge in [0.25, 0.3) is 0 Å². The summed E-state index contributed by atoms with van der Waals surface area (Å²) >= 11 is 7.23. The number of alkyl halides is 1. The topological polar surface area (TPSA) is 22.1 Å². The Hall–Kier alpha value is -0.120. The van der Waals surface area contributed by atoms with Crippen molar-refractivity contribution in [1.29, 1.82) is 0 Å². The molecule has 1 aromatic rings. The molecule has 0 saturated carbocycles. The predicted molar refractivity (Wildman–Crippen MR) is 51.7 cm³/mol. The van der Waals surface area contributed by atoms with E-state index in [9.17, 15) is 0 Å². The zero-order valence-electron chi connectivity index (χ0n) is 7.21. The maximum absolute atomic E-state index is 5.63. The van der Waals surface area contributed by atoms with Crippen molar-refractivity contribution in [1.82, 2.24) is 4.98 Å². The number of aromatic nitrogens is 1. The van der Waals surface area contributed by atoms with Crippen molar-refractivity contribution in [3.8, 4) is 0 Å². The van der Waals surface area contributed by atoms with Crippen molar-refractivity contribution in [2.75, 3.05) is 6.61 Å². The molecule has 0 radical (unpaired) electrons. The monoisotopic (exact) mass is 205 g/mol. The smallest absolute Gasteiger partial charge is 0.122 e. The molecule has 1 atom stereocenters. The second kappa shape index (κ2) is 4.80. The Morgan fingerprint density at radius 1 is 1.75 bits per heavy atom. The van der Waals surface area contributed by atoms with E-state index < -0.39 is 0 Å². The van der Waals surface area contributed by atoms with Crippen LogP contribution in [0.3, 0.4) is 0 Å². The summed E-state index contributed by atoms with van der Waals surface area (Å²) in [7, 11) is 0. The molecule has 0 fully saturated rings. The summed E-state index contributed by atoms with van der Waals surface area (Å²) < 4.78 is 5.39. The van der Waals surface area contributed by atoms with Crippen LogP contribution in [0.4, 0.5) is 0 Å². The van der Waals surface area contributed by atoms with Crippen LogP contribution >= 0.6 is 22.9 Å². The zero-order chi connectivity index (χ0) is 8.97. The lowest BCUT2D eigenvalue weighted by Gasteiger charge is -2.06. The van der Waals surface area contributed by atoms with E-state index >= 15 is 0 Å². The van der Waals surface area contributed by atoms with Crippen molar-refractivity contribution in [2.24, 2.45) is 0 Å². The fourth-order valence-electron chi connectivity index (χ4n) is 0.892. The molecular weight excluding hydrogens is 194 g/mol. The molecule has 0 aliphatic rings. The molecule has 0 aliphatic carbocycles. The third-order valence-corrected chi connectivity index (χ3v) is 2.80. The van der Waals surface area contributed by atoms with E-state index in [1.54, 1.807) is 11.3 Å². The van der Waals surface area contributed by atoms with Crippen molar-refractivity contribution >= 4 is 22.9 Å². The van der Waals surface area contributed by atoms with Gasteiger partial charge in [0.2, 0.25) is 0 Å². The van der Waals surface area contributed by atoms with Crippen molar-refractivity contribution in [2.45, 2.75) is 25.8 Å². The summed E-state index contributed by atoms with van der Waals surface area (Å²) in [4.78, 5) is 4.31. The molecule has 0 aliphatic heterocycles. The summed E-state index contributed by atoms with van der Waals surface area (Å²) in [5, 5.41) is 2.98. The molecule has 0 bridgehead atoms. The fraction of sp³-hybridized carbons (Fsp3) is 0.625. The normalized spacial score (nSPS) is 13.2. The molecule has 0 N–H and O–H groups in total. The SMILES string of the molecule is CCO[C@@H](C)c1nc(CCl)cs1. The number of ether oxygens (including phenoxy) is 1. The first kappa shape index (κ1) is 9.96. The van der Waals surface area contributed by atoms with Gasteiger partial charge in [0.05, 0.1) is 11.6 Å². The zero-order valence-corrected chi connectivity index (χ0v) is 8.78. The number of rotatable bonds is 4. The van der Waals surface area contributed by atoms with E-state index in [4.69, 9.17) is 16.3 Å². The van der Waals surface area contributed by atoms with Gasteiger partial charge in [-0.05, 0) is 13.8 Å². The molecule has 0 amide bonds. The van der Waals surface area contributed by atoms with Gasteiger partial charge in [-0.1, -0.05) is 0 Å². The summed E-state index contributed by atoms with van der Waals surface area (Å²) in [5.74, 6) is 0.481. The molecule has 0 spiro atoms. The van der Waals surface area contributed by atoms with E-state index in [0.29, 0.717) is 5.88 Å². The average molecular weight is 206 g/mol. The molecule has 1 aromatic heterocycles. The quantitative estimate of drug-likeness (QED) is 0.706. The summed E-state index contributed by atoms with van der Waals surface area (Å²) in [6.07, 6.45) is 0.0944. The third-order valence-electron chi connectivity index (χ3n) is 1.47. The molecule has 0 saturated heterocycles. The minimum absolute atomic E-state index is 0.0944. The van der Waals surface area contributed by atoms with E-state index in [2.05, 4.69) is 4.98 Å². The second-order valence-corrected chi connectivity index (χ2v) is 3.57. The standard InChI is InChI=1S/C8H12ClNOS/c1-3-11-6(2)8-10-7(4-9)5-12-8/h5-6H,3-4H2,1-2H3/t6-/m0/s1. The largest absolute Gasteiger partial charge is 0.372 e. The molecule has 0 aromatic carbocycles. The Kier molecular flexibility index (Phi) is 3.98. The first-order chi connectivity index (χ1) is 5.77. The Labute approximate surface area is 81.5 Å². The van der Waals surface area contributed by atoms with Gasteiger partial charge >= 0.3 is 0 Å². The number of thiazole rings is 1. The predicted octanol–water partition coefficient (Wildman–Crippen LogP) is 2.98. The van der Waals surface area contributed by atoms with Crippen LogP contribution in [0, 0.1) is 0 Å². The van der Waals surface area contributed by atoms with Crippen LogP contribution in [0.1, 0.15) is 30.7 Å². The van der Waals surface area contributed by atoms with Crippen LogP contribution in [0.2, 0.25) is 0 Å².